The van der Waals surface area contributed by atoms with Crippen LogP contribution in [0, 0.1) is 5.41 Å². The summed E-state index contributed by atoms with van der Waals surface area (Å²) in [6.07, 6.45) is 0. The number of hydrogen-bond acceptors (Lipinski definition) is 1. The fourth-order valence-corrected chi connectivity index (χ4v) is 3.69. The third-order valence-corrected chi connectivity index (χ3v) is 7.49. The molecule has 0 unspecified atom stereocenters. The number of rotatable bonds is 4. The molecule has 0 spiro atoms. The van der Waals surface area contributed by atoms with E-state index in [1.54, 1.807) is 0 Å². The van der Waals surface area contributed by atoms with Crippen LogP contribution in [-0.2, 0) is 12.5 Å². The molecule has 0 aliphatic rings. The van der Waals surface area contributed by atoms with E-state index in [9.17, 15) is 0 Å². The number of fused-ring (bicyclic) bond motifs is 1. The summed E-state index contributed by atoms with van der Waals surface area (Å²) in [4.78, 5) is 6.25. The van der Waals surface area contributed by atoms with E-state index in [2.05, 4.69) is 115 Å². The molecular formula is C22H38N3+. The third-order valence-electron chi connectivity index (χ3n) is 7.49. The van der Waals surface area contributed by atoms with Gasteiger partial charge in [0, 0.05) is 11.1 Å². The van der Waals surface area contributed by atoms with Gasteiger partial charge in [0.15, 0.2) is 11.0 Å². The molecular weight excluding hydrogens is 306 g/mol. The Morgan fingerprint density at radius 2 is 1.36 bits per heavy atom. The maximum atomic E-state index is 3.69. The van der Waals surface area contributed by atoms with E-state index >= 15 is 0 Å². The first-order chi connectivity index (χ1) is 11.2. The lowest BCUT2D eigenvalue weighted by molar-refractivity contribution is -0.657. The van der Waals surface area contributed by atoms with Crippen molar-refractivity contribution in [1.82, 2.24) is 9.88 Å². The Balaban J connectivity index is 2.57. The van der Waals surface area contributed by atoms with Gasteiger partial charge in [-0.3, -0.25) is 4.90 Å². The monoisotopic (exact) mass is 344 g/mol. The number of aromatic amines is 1. The van der Waals surface area contributed by atoms with Gasteiger partial charge >= 0.3 is 0 Å². The van der Waals surface area contributed by atoms with Gasteiger partial charge in [0.2, 0.25) is 0 Å². The van der Waals surface area contributed by atoms with E-state index in [-0.39, 0.29) is 21.9 Å². The van der Waals surface area contributed by atoms with Gasteiger partial charge in [0.05, 0.1) is 12.5 Å². The smallest absolute Gasteiger partial charge is 0.262 e. The first-order valence-corrected chi connectivity index (χ1v) is 9.37. The zero-order valence-corrected chi connectivity index (χ0v) is 18.2. The van der Waals surface area contributed by atoms with Gasteiger partial charge in [-0.25, -0.2) is 9.55 Å². The zero-order valence-electron chi connectivity index (χ0n) is 18.2. The van der Waals surface area contributed by atoms with E-state index in [0.717, 1.165) is 0 Å². The van der Waals surface area contributed by atoms with Gasteiger partial charge in [-0.1, -0.05) is 32.9 Å². The Bertz CT molecular complexity index is 757. The summed E-state index contributed by atoms with van der Waals surface area (Å²) < 4.78 is 2.31. The quantitative estimate of drug-likeness (QED) is 0.791. The number of H-pyrrole nitrogens is 1. The number of nitrogens with zero attached hydrogens (tertiary/aromatic N) is 2. The van der Waals surface area contributed by atoms with Crippen LogP contribution in [-0.4, -0.2) is 28.0 Å². The van der Waals surface area contributed by atoms with Crippen molar-refractivity contribution in [3.05, 3.63) is 30.1 Å². The Labute approximate surface area is 154 Å². The largest absolute Gasteiger partial charge is 0.294 e. The minimum absolute atomic E-state index is 0.0532. The summed E-state index contributed by atoms with van der Waals surface area (Å²) in [6.45, 7) is 21.1. The van der Waals surface area contributed by atoms with Gasteiger partial charge < -0.3 is 0 Å². The van der Waals surface area contributed by atoms with Crippen molar-refractivity contribution >= 4 is 11.0 Å². The van der Waals surface area contributed by atoms with Crippen molar-refractivity contribution in [2.45, 2.75) is 78.8 Å². The van der Waals surface area contributed by atoms with E-state index in [1.807, 2.05) is 0 Å². The summed E-state index contributed by atoms with van der Waals surface area (Å²) in [5.74, 6) is 1.26. The minimum atomic E-state index is -0.0714. The van der Waals surface area contributed by atoms with E-state index in [1.165, 1.54) is 16.9 Å². The van der Waals surface area contributed by atoms with Crippen LogP contribution in [0.1, 0.15) is 68.1 Å². The summed E-state index contributed by atoms with van der Waals surface area (Å²) in [6, 6.07) is 8.54. The van der Waals surface area contributed by atoms with Crippen LogP contribution in [0.25, 0.3) is 11.0 Å². The van der Waals surface area contributed by atoms with Crippen molar-refractivity contribution < 1.29 is 4.57 Å². The molecule has 0 amide bonds. The molecule has 140 valence electrons. The minimum Gasteiger partial charge on any atom is -0.294 e. The average Bonchev–Trinajstić information content (AvgIpc) is 2.83. The molecule has 0 radical (unpaired) electrons. The van der Waals surface area contributed by atoms with Crippen LogP contribution in [0.3, 0.4) is 0 Å². The second kappa shape index (κ2) is 5.84. The number of aryl methyl sites for hydroxylation is 1. The van der Waals surface area contributed by atoms with Crippen LogP contribution in [0.15, 0.2) is 24.3 Å². The molecule has 0 aliphatic carbocycles. The number of para-hydroxylation sites is 2. The van der Waals surface area contributed by atoms with E-state index < -0.39 is 0 Å². The topological polar surface area (TPSA) is 22.9 Å². The van der Waals surface area contributed by atoms with Crippen LogP contribution in [0.4, 0.5) is 0 Å². The summed E-state index contributed by atoms with van der Waals surface area (Å²) in [7, 11) is 4.44. The van der Waals surface area contributed by atoms with Gasteiger partial charge in [-0.15, -0.1) is 0 Å². The summed E-state index contributed by atoms with van der Waals surface area (Å²) in [5.41, 5.74) is 2.55. The fourth-order valence-electron chi connectivity index (χ4n) is 3.69. The van der Waals surface area contributed by atoms with Crippen molar-refractivity contribution in [3.63, 3.8) is 0 Å². The standard InChI is InChI=1S/C22H37N3/c1-19(2,3)21(6,7)25(11)22(8,9)20(4,5)18-23-16-14-12-13-15-17(16)24(18)10/h12-15H,1-11H3/p+1. The number of hydrogen-bond donors (Lipinski definition) is 1. The molecule has 1 aromatic carbocycles. The summed E-state index contributed by atoms with van der Waals surface area (Å²) in [5, 5.41) is 0. The SMILES string of the molecule is CN(C(C)(C)C(C)(C)C)C(C)(C)C(C)(C)c1[nH]c2ccccc2[n+]1C. The Morgan fingerprint density at radius 3 is 1.84 bits per heavy atom. The number of imidazole rings is 1. The molecule has 1 heterocycles. The van der Waals surface area contributed by atoms with Gasteiger partial charge in [-0.2, -0.15) is 0 Å². The number of nitrogens with one attached hydrogen (secondary N) is 1. The molecule has 1 N–H and O–H groups in total. The molecule has 1 aromatic heterocycles. The number of likely N-dealkylation sites (N-methyl/N-ethyl adjacent to an activating group) is 1. The number of aromatic nitrogens is 2. The van der Waals surface area contributed by atoms with Crippen LogP contribution < -0.4 is 4.57 Å². The number of benzene rings is 1. The van der Waals surface area contributed by atoms with Crippen LogP contribution in [0.2, 0.25) is 0 Å². The Kier molecular flexibility index (Phi) is 4.66. The predicted octanol–water partition coefficient (Wildman–Crippen LogP) is 4.81. The lowest BCUT2D eigenvalue weighted by atomic mass is 9.67. The van der Waals surface area contributed by atoms with Crippen molar-refractivity contribution in [1.29, 1.82) is 0 Å². The highest BCUT2D eigenvalue weighted by Gasteiger charge is 2.53. The van der Waals surface area contributed by atoms with Gasteiger partial charge in [-0.05, 0) is 66.1 Å². The molecule has 0 aliphatic heterocycles. The third kappa shape index (κ3) is 2.91. The summed E-state index contributed by atoms with van der Waals surface area (Å²) >= 11 is 0. The second-order valence-electron chi connectivity index (χ2n) is 10.1. The Hall–Kier alpha value is -1.35. The maximum Gasteiger partial charge on any atom is 0.262 e. The maximum absolute atomic E-state index is 3.69. The first kappa shape index (κ1) is 20.0. The van der Waals surface area contributed by atoms with Crippen molar-refractivity contribution in [2.75, 3.05) is 7.05 Å². The normalized spacial score (nSPS) is 14.6. The molecule has 0 atom stereocenters. The van der Waals surface area contributed by atoms with Gasteiger partial charge in [0.1, 0.15) is 0 Å². The molecule has 25 heavy (non-hydrogen) atoms. The van der Waals surface area contributed by atoms with E-state index in [0.29, 0.717) is 0 Å². The van der Waals surface area contributed by atoms with Crippen LogP contribution >= 0.6 is 0 Å². The lowest BCUT2D eigenvalue weighted by Gasteiger charge is -2.56. The predicted molar refractivity (Wildman–Crippen MR) is 108 cm³/mol. The molecule has 0 saturated carbocycles. The molecule has 2 rings (SSSR count). The highest BCUT2D eigenvalue weighted by Crippen LogP contribution is 2.44. The zero-order chi connectivity index (χ0) is 19.4. The van der Waals surface area contributed by atoms with Crippen molar-refractivity contribution in [3.8, 4) is 0 Å². The fraction of sp³-hybridized carbons (Fsp3) is 0.682. The van der Waals surface area contributed by atoms with Crippen molar-refractivity contribution in [2.24, 2.45) is 12.5 Å². The molecule has 3 nitrogen and oxygen atoms in total. The average molecular weight is 345 g/mol. The Morgan fingerprint density at radius 1 is 0.840 bits per heavy atom. The molecule has 3 heteroatoms. The first-order valence-electron chi connectivity index (χ1n) is 9.37. The van der Waals surface area contributed by atoms with Crippen LogP contribution in [0.5, 0.6) is 0 Å². The lowest BCUT2D eigenvalue weighted by Crippen LogP contribution is -2.66. The van der Waals surface area contributed by atoms with E-state index in [4.69, 9.17) is 0 Å². The second-order valence-corrected chi connectivity index (χ2v) is 10.1. The molecule has 0 fully saturated rings. The van der Waals surface area contributed by atoms with Gasteiger partial charge in [0.25, 0.3) is 5.82 Å². The molecule has 0 bridgehead atoms. The molecule has 2 aromatic rings. The molecule has 0 saturated heterocycles. The highest BCUT2D eigenvalue weighted by atomic mass is 15.3. The highest BCUT2D eigenvalue weighted by molar-refractivity contribution is 5.71.